The Morgan fingerprint density at radius 1 is 0.762 bits per heavy atom. The number of carboxylic acid groups (broad SMARTS) is 2. The molecule has 0 aliphatic rings. The summed E-state index contributed by atoms with van der Waals surface area (Å²) in [5.74, 6) is -7.89. The molecular weight excluding hydrogens is 546 g/mol. The summed E-state index contributed by atoms with van der Waals surface area (Å²) in [5, 5.41) is 26.1. The molecule has 0 fully saturated rings. The highest BCUT2D eigenvalue weighted by Crippen LogP contribution is 2.18. The third-order valence-corrected chi connectivity index (χ3v) is 6.81. The summed E-state index contributed by atoms with van der Waals surface area (Å²) in [5.41, 5.74) is 1.38. The zero-order valence-electron chi connectivity index (χ0n) is 25.1. The number of hydrogen-bond acceptors (Lipinski definition) is 7. The summed E-state index contributed by atoms with van der Waals surface area (Å²) in [6.07, 6.45) is -1.21. The molecule has 1 rings (SSSR count). The molecule has 4 atom stereocenters. The van der Waals surface area contributed by atoms with Crippen molar-refractivity contribution >= 4 is 41.2 Å². The van der Waals surface area contributed by atoms with Crippen LogP contribution in [-0.4, -0.2) is 70.1 Å². The van der Waals surface area contributed by atoms with E-state index in [0.717, 1.165) is 5.56 Å². The molecule has 0 unspecified atom stereocenters. The van der Waals surface area contributed by atoms with Gasteiger partial charge in [-0.1, -0.05) is 52.3 Å². The molecule has 0 spiro atoms. The zero-order valence-corrected chi connectivity index (χ0v) is 25.1. The topological polar surface area (TPSA) is 196 Å². The van der Waals surface area contributed by atoms with Gasteiger partial charge >= 0.3 is 11.9 Å². The fourth-order valence-corrected chi connectivity index (χ4v) is 4.18. The second-order valence-electron chi connectivity index (χ2n) is 11.3. The van der Waals surface area contributed by atoms with Gasteiger partial charge in [-0.3, -0.25) is 28.8 Å². The normalized spacial score (nSPS) is 13.9. The van der Waals surface area contributed by atoms with Crippen molar-refractivity contribution in [3.63, 3.8) is 0 Å². The molecule has 0 bridgehead atoms. The van der Waals surface area contributed by atoms with E-state index in [2.05, 4.69) is 16.0 Å². The van der Waals surface area contributed by atoms with E-state index in [-0.39, 0.29) is 25.2 Å². The molecular formula is C30H43N3O9. The predicted molar refractivity (Wildman–Crippen MR) is 153 cm³/mol. The van der Waals surface area contributed by atoms with Crippen LogP contribution in [0.2, 0.25) is 0 Å². The molecule has 0 heterocycles. The van der Waals surface area contributed by atoms with Gasteiger partial charge in [0.15, 0.2) is 11.6 Å². The van der Waals surface area contributed by atoms with Crippen LogP contribution in [0.25, 0.3) is 0 Å². The van der Waals surface area contributed by atoms with Crippen molar-refractivity contribution in [3.05, 3.63) is 35.4 Å². The predicted octanol–water partition coefficient (Wildman–Crippen LogP) is 2.13. The van der Waals surface area contributed by atoms with E-state index < -0.39 is 84.0 Å². The minimum atomic E-state index is -1.26. The second-order valence-corrected chi connectivity index (χ2v) is 11.3. The van der Waals surface area contributed by atoms with Gasteiger partial charge in [0.2, 0.25) is 11.8 Å². The standard InChI is InChI=1S/C30H43N3O9/c1-16(2)25(23(35)14-21(11-12-24(36)37)29(40)33-26(17(3)4)30(41)42)32-27(38)19(6)13-22(34)15-31-28(39)20-9-7-18(5)8-10-20/h7-10,16-17,19,21,25-26H,11-15H2,1-6H3,(H,31,39)(H,32,38)(H,33,40)(H,36,37)(H,41,42)/t19-,21-,25+,26+/m1/s1. The Morgan fingerprint density at radius 3 is 1.81 bits per heavy atom. The number of aliphatic carboxylic acids is 2. The highest BCUT2D eigenvalue weighted by molar-refractivity contribution is 5.98. The molecule has 0 saturated heterocycles. The third kappa shape index (κ3) is 12.2. The van der Waals surface area contributed by atoms with Crippen molar-refractivity contribution in [2.75, 3.05) is 6.54 Å². The third-order valence-electron chi connectivity index (χ3n) is 6.81. The van der Waals surface area contributed by atoms with Crippen LogP contribution >= 0.6 is 0 Å². The highest BCUT2D eigenvalue weighted by atomic mass is 16.4. The van der Waals surface area contributed by atoms with Crippen molar-refractivity contribution in [2.45, 2.75) is 79.3 Å². The van der Waals surface area contributed by atoms with Crippen molar-refractivity contribution < 1.29 is 43.8 Å². The van der Waals surface area contributed by atoms with E-state index in [1.54, 1.807) is 52.0 Å². The Morgan fingerprint density at radius 2 is 1.31 bits per heavy atom. The Kier molecular flexibility index (Phi) is 14.5. The number of amides is 3. The molecule has 12 heteroatoms. The maximum Gasteiger partial charge on any atom is 0.326 e. The monoisotopic (exact) mass is 589 g/mol. The van der Waals surface area contributed by atoms with Gasteiger partial charge in [0.1, 0.15) is 6.04 Å². The van der Waals surface area contributed by atoms with Crippen LogP contribution in [-0.2, 0) is 28.8 Å². The van der Waals surface area contributed by atoms with Crippen molar-refractivity contribution in [1.29, 1.82) is 0 Å². The van der Waals surface area contributed by atoms with Gasteiger partial charge in [-0.2, -0.15) is 0 Å². The van der Waals surface area contributed by atoms with Crippen molar-refractivity contribution in [1.82, 2.24) is 16.0 Å². The first-order chi connectivity index (χ1) is 19.5. The van der Waals surface area contributed by atoms with E-state index >= 15 is 0 Å². The smallest absolute Gasteiger partial charge is 0.326 e. The first kappa shape index (κ1) is 35.9. The van der Waals surface area contributed by atoms with Crippen LogP contribution in [0, 0.1) is 30.6 Å². The number of carbonyl (C=O) groups is 7. The first-order valence-corrected chi connectivity index (χ1v) is 14.0. The summed E-state index contributed by atoms with van der Waals surface area (Å²) < 4.78 is 0. The van der Waals surface area contributed by atoms with Crippen molar-refractivity contribution in [3.8, 4) is 0 Å². The molecule has 232 valence electrons. The SMILES string of the molecule is Cc1ccc(C(=O)NCC(=O)C[C@@H](C)C(=O)N[C@H](C(=O)C[C@@H](CCC(=O)O)C(=O)N[C@H](C(=O)O)C(C)C)C(C)C)cc1. The number of benzene rings is 1. The number of hydrogen-bond donors (Lipinski definition) is 5. The van der Waals surface area contributed by atoms with E-state index in [9.17, 15) is 38.7 Å². The van der Waals surface area contributed by atoms with Gasteiger partial charge < -0.3 is 26.2 Å². The number of carbonyl (C=O) groups excluding carboxylic acids is 5. The van der Waals surface area contributed by atoms with Gasteiger partial charge in [-0.15, -0.1) is 0 Å². The molecule has 0 aromatic heterocycles. The number of Topliss-reactive ketones (excluding diaryl/α,β-unsaturated/α-hetero) is 2. The minimum Gasteiger partial charge on any atom is -0.481 e. The summed E-state index contributed by atoms with van der Waals surface area (Å²) in [6, 6.07) is 4.57. The molecule has 5 N–H and O–H groups in total. The number of ketones is 2. The Hall–Kier alpha value is -4.09. The maximum atomic E-state index is 13.2. The zero-order chi connectivity index (χ0) is 32.1. The summed E-state index contributed by atoms with van der Waals surface area (Å²) in [4.78, 5) is 86.4. The highest BCUT2D eigenvalue weighted by Gasteiger charge is 2.33. The summed E-state index contributed by atoms with van der Waals surface area (Å²) in [7, 11) is 0. The molecule has 0 saturated carbocycles. The Balaban J connectivity index is 2.83. The maximum absolute atomic E-state index is 13.2. The van der Waals surface area contributed by atoms with Crippen molar-refractivity contribution in [2.24, 2.45) is 23.7 Å². The van der Waals surface area contributed by atoms with Crippen LogP contribution in [0.1, 0.15) is 76.2 Å². The van der Waals surface area contributed by atoms with E-state index in [1.807, 2.05) is 6.92 Å². The minimum absolute atomic E-state index is 0.186. The first-order valence-electron chi connectivity index (χ1n) is 14.0. The van der Waals surface area contributed by atoms with Crippen LogP contribution in [0.15, 0.2) is 24.3 Å². The molecule has 0 aliphatic carbocycles. The van der Waals surface area contributed by atoms with Crippen LogP contribution < -0.4 is 16.0 Å². The van der Waals surface area contributed by atoms with Crippen LogP contribution in [0.5, 0.6) is 0 Å². The molecule has 0 aliphatic heterocycles. The second kappa shape index (κ2) is 17.0. The van der Waals surface area contributed by atoms with E-state index in [1.165, 1.54) is 6.92 Å². The molecule has 12 nitrogen and oxygen atoms in total. The number of carboxylic acids is 2. The molecule has 1 aromatic rings. The largest absolute Gasteiger partial charge is 0.481 e. The lowest BCUT2D eigenvalue weighted by Crippen LogP contribution is -2.49. The fourth-order valence-electron chi connectivity index (χ4n) is 4.18. The van der Waals surface area contributed by atoms with Crippen LogP contribution in [0.3, 0.4) is 0 Å². The van der Waals surface area contributed by atoms with Gasteiger partial charge in [-0.25, -0.2) is 4.79 Å². The molecule has 3 amide bonds. The van der Waals surface area contributed by atoms with E-state index in [4.69, 9.17) is 5.11 Å². The van der Waals surface area contributed by atoms with Gasteiger partial charge in [0.05, 0.1) is 12.6 Å². The van der Waals surface area contributed by atoms with Gasteiger partial charge in [0.25, 0.3) is 5.91 Å². The van der Waals surface area contributed by atoms with E-state index in [0.29, 0.717) is 5.56 Å². The average molecular weight is 590 g/mol. The Labute approximate surface area is 246 Å². The van der Waals surface area contributed by atoms with Gasteiger partial charge in [-0.05, 0) is 37.3 Å². The lowest BCUT2D eigenvalue weighted by atomic mass is 9.88. The Bertz CT molecular complexity index is 1150. The quantitative estimate of drug-likeness (QED) is 0.170. The number of aryl methyl sites for hydroxylation is 1. The average Bonchev–Trinajstić information content (AvgIpc) is 2.90. The van der Waals surface area contributed by atoms with Gasteiger partial charge in [0, 0.05) is 36.7 Å². The number of nitrogens with one attached hydrogen (secondary N) is 3. The fraction of sp³-hybridized carbons (Fsp3) is 0.567. The lowest BCUT2D eigenvalue weighted by molar-refractivity contribution is -0.144. The molecule has 0 radical (unpaired) electrons. The summed E-state index contributed by atoms with van der Waals surface area (Å²) >= 11 is 0. The molecule has 1 aromatic carbocycles. The molecule has 42 heavy (non-hydrogen) atoms. The lowest BCUT2D eigenvalue weighted by Gasteiger charge is -2.26. The summed E-state index contributed by atoms with van der Waals surface area (Å²) in [6.45, 7) is 9.70. The van der Waals surface area contributed by atoms with Crippen LogP contribution in [0.4, 0.5) is 0 Å². The number of rotatable bonds is 18.